The van der Waals surface area contributed by atoms with Gasteiger partial charge in [-0.2, -0.15) is 0 Å². The van der Waals surface area contributed by atoms with E-state index in [9.17, 15) is 9.59 Å². The van der Waals surface area contributed by atoms with Gasteiger partial charge in [0.2, 0.25) is 0 Å². The van der Waals surface area contributed by atoms with Crippen LogP contribution >= 0.6 is 0 Å². The number of carbonyl (C=O) groups excluding carboxylic acids is 2. The summed E-state index contributed by atoms with van der Waals surface area (Å²) in [7, 11) is 1.78. The quantitative estimate of drug-likeness (QED) is 0.730. The van der Waals surface area contributed by atoms with E-state index in [2.05, 4.69) is 10.5 Å². The smallest absolute Gasteiger partial charge is 0.273 e. The molecule has 6 nitrogen and oxygen atoms in total. The van der Waals surface area contributed by atoms with Crippen molar-refractivity contribution in [3.63, 3.8) is 0 Å². The molecular formula is C21H21N3O3. The van der Waals surface area contributed by atoms with Crippen molar-refractivity contribution in [2.24, 2.45) is 0 Å². The molecule has 0 unspecified atom stereocenters. The van der Waals surface area contributed by atoms with Crippen molar-refractivity contribution in [3.8, 4) is 0 Å². The predicted octanol–water partition coefficient (Wildman–Crippen LogP) is 3.19. The average molecular weight is 363 g/mol. The lowest BCUT2D eigenvalue weighted by Crippen LogP contribution is -2.26. The number of aromatic nitrogens is 1. The molecule has 3 rings (SSSR count). The first-order valence-electron chi connectivity index (χ1n) is 8.63. The fraction of sp³-hybridized carbons (Fsp3) is 0.190. The molecule has 1 aromatic heterocycles. The van der Waals surface area contributed by atoms with Crippen molar-refractivity contribution in [3.05, 3.63) is 88.8 Å². The van der Waals surface area contributed by atoms with Crippen LogP contribution in [0.3, 0.4) is 0 Å². The van der Waals surface area contributed by atoms with Gasteiger partial charge in [-0.15, -0.1) is 0 Å². The van der Waals surface area contributed by atoms with Gasteiger partial charge < -0.3 is 14.7 Å². The van der Waals surface area contributed by atoms with E-state index in [1.165, 1.54) is 0 Å². The van der Waals surface area contributed by atoms with Gasteiger partial charge >= 0.3 is 0 Å². The Balaban J connectivity index is 1.56. The first-order valence-corrected chi connectivity index (χ1v) is 8.63. The third-order valence-electron chi connectivity index (χ3n) is 4.12. The van der Waals surface area contributed by atoms with E-state index in [-0.39, 0.29) is 17.5 Å². The zero-order chi connectivity index (χ0) is 19.2. The molecular weight excluding hydrogens is 342 g/mol. The van der Waals surface area contributed by atoms with E-state index in [0.717, 1.165) is 11.1 Å². The second-order valence-electron chi connectivity index (χ2n) is 6.35. The maximum atomic E-state index is 12.6. The maximum absolute atomic E-state index is 12.6. The van der Waals surface area contributed by atoms with E-state index >= 15 is 0 Å². The lowest BCUT2D eigenvalue weighted by atomic mass is 10.1. The Bertz CT molecular complexity index is 917. The standard InChI is InChI=1S/C21H21N3O3/c1-15-12-19(23-27-15)20(25)22-13-16-8-10-18(11-9-16)21(26)24(2)14-17-6-4-3-5-7-17/h3-12H,13-14H2,1-2H3,(H,22,25). The molecule has 0 aliphatic carbocycles. The monoisotopic (exact) mass is 363 g/mol. The molecule has 0 radical (unpaired) electrons. The zero-order valence-corrected chi connectivity index (χ0v) is 15.3. The molecule has 2 aromatic carbocycles. The van der Waals surface area contributed by atoms with Crippen LogP contribution in [-0.4, -0.2) is 28.9 Å². The summed E-state index contributed by atoms with van der Waals surface area (Å²) in [5, 5.41) is 6.46. The Morgan fingerprint density at radius 3 is 2.37 bits per heavy atom. The maximum Gasteiger partial charge on any atom is 0.273 e. The van der Waals surface area contributed by atoms with Gasteiger partial charge in [0.1, 0.15) is 5.76 Å². The van der Waals surface area contributed by atoms with E-state index < -0.39 is 0 Å². The summed E-state index contributed by atoms with van der Waals surface area (Å²) < 4.78 is 4.89. The molecule has 3 aromatic rings. The van der Waals surface area contributed by atoms with Crippen molar-refractivity contribution in [2.45, 2.75) is 20.0 Å². The van der Waals surface area contributed by atoms with Crippen LogP contribution in [0, 0.1) is 6.92 Å². The summed E-state index contributed by atoms with van der Waals surface area (Å²) in [6, 6.07) is 18.6. The summed E-state index contributed by atoms with van der Waals surface area (Å²) in [6.45, 7) is 2.63. The number of aryl methyl sites for hydroxylation is 1. The third kappa shape index (κ3) is 4.82. The van der Waals surface area contributed by atoms with Crippen molar-refractivity contribution >= 4 is 11.8 Å². The van der Waals surface area contributed by atoms with Crippen molar-refractivity contribution in [1.29, 1.82) is 0 Å². The molecule has 0 atom stereocenters. The van der Waals surface area contributed by atoms with Crippen molar-refractivity contribution in [1.82, 2.24) is 15.4 Å². The van der Waals surface area contributed by atoms with Gasteiger partial charge in [0.15, 0.2) is 5.69 Å². The highest BCUT2D eigenvalue weighted by Gasteiger charge is 2.13. The minimum atomic E-state index is -0.297. The number of rotatable bonds is 6. The van der Waals surface area contributed by atoms with Crippen LogP contribution in [0.5, 0.6) is 0 Å². The van der Waals surface area contributed by atoms with Crippen LogP contribution in [0.2, 0.25) is 0 Å². The zero-order valence-electron chi connectivity index (χ0n) is 15.3. The summed E-state index contributed by atoms with van der Waals surface area (Å²) in [5.74, 6) is 0.241. The van der Waals surface area contributed by atoms with Crippen molar-refractivity contribution in [2.75, 3.05) is 7.05 Å². The van der Waals surface area contributed by atoms with Gasteiger partial charge in [-0.05, 0) is 30.2 Å². The normalized spacial score (nSPS) is 10.4. The Hall–Kier alpha value is -3.41. The first-order chi connectivity index (χ1) is 13.0. The number of hydrogen-bond acceptors (Lipinski definition) is 4. The summed E-state index contributed by atoms with van der Waals surface area (Å²) in [5.41, 5.74) is 2.83. The average Bonchev–Trinajstić information content (AvgIpc) is 3.13. The van der Waals surface area contributed by atoms with Gasteiger partial charge in [-0.25, -0.2) is 0 Å². The fourth-order valence-electron chi connectivity index (χ4n) is 2.66. The third-order valence-corrected chi connectivity index (χ3v) is 4.12. The topological polar surface area (TPSA) is 75.4 Å². The molecule has 0 bridgehead atoms. The number of nitrogens with zero attached hydrogens (tertiary/aromatic N) is 2. The van der Waals surface area contributed by atoms with Gasteiger partial charge in [0, 0.05) is 31.8 Å². The highest BCUT2D eigenvalue weighted by molar-refractivity contribution is 5.94. The lowest BCUT2D eigenvalue weighted by Gasteiger charge is -2.17. The molecule has 2 amide bonds. The highest BCUT2D eigenvalue weighted by atomic mass is 16.5. The summed E-state index contributed by atoms with van der Waals surface area (Å²) in [4.78, 5) is 26.2. The molecule has 0 aliphatic rings. The molecule has 0 aliphatic heterocycles. The largest absolute Gasteiger partial charge is 0.361 e. The summed E-state index contributed by atoms with van der Waals surface area (Å²) in [6.07, 6.45) is 0. The number of carbonyl (C=O) groups is 2. The van der Waals surface area contributed by atoms with Gasteiger partial charge in [-0.1, -0.05) is 47.6 Å². The predicted molar refractivity (Wildman–Crippen MR) is 101 cm³/mol. The SMILES string of the molecule is Cc1cc(C(=O)NCc2ccc(C(=O)N(C)Cc3ccccc3)cc2)no1. The molecule has 0 saturated heterocycles. The molecule has 0 fully saturated rings. The van der Waals surface area contributed by atoms with Crippen LogP contribution < -0.4 is 5.32 Å². The molecule has 1 N–H and O–H groups in total. The lowest BCUT2D eigenvalue weighted by molar-refractivity contribution is 0.0784. The van der Waals surface area contributed by atoms with Crippen LogP contribution in [-0.2, 0) is 13.1 Å². The molecule has 1 heterocycles. The van der Waals surface area contributed by atoms with E-state index in [1.54, 1.807) is 37.1 Å². The Morgan fingerprint density at radius 2 is 1.74 bits per heavy atom. The molecule has 138 valence electrons. The number of amides is 2. The van der Waals surface area contributed by atoms with Crippen molar-refractivity contribution < 1.29 is 14.1 Å². The number of benzene rings is 2. The Labute approximate surface area is 157 Å². The van der Waals surface area contributed by atoms with E-state index in [1.807, 2.05) is 42.5 Å². The number of hydrogen-bond donors (Lipinski definition) is 1. The first kappa shape index (κ1) is 18.4. The second-order valence-corrected chi connectivity index (χ2v) is 6.35. The minimum absolute atomic E-state index is 0.0486. The second kappa shape index (κ2) is 8.31. The van der Waals surface area contributed by atoms with Crippen LogP contribution in [0.25, 0.3) is 0 Å². The van der Waals surface area contributed by atoms with Crippen LogP contribution in [0.15, 0.2) is 65.2 Å². The summed E-state index contributed by atoms with van der Waals surface area (Å²) >= 11 is 0. The highest BCUT2D eigenvalue weighted by Crippen LogP contribution is 2.10. The number of nitrogens with one attached hydrogen (secondary N) is 1. The Morgan fingerprint density at radius 1 is 1.04 bits per heavy atom. The molecule has 27 heavy (non-hydrogen) atoms. The van der Waals surface area contributed by atoms with Crippen LogP contribution in [0.4, 0.5) is 0 Å². The molecule has 0 spiro atoms. The van der Waals surface area contributed by atoms with E-state index in [4.69, 9.17) is 4.52 Å². The fourth-order valence-corrected chi connectivity index (χ4v) is 2.66. The minimum Gasteiger partial charge on any atom is -0.361 e. The van der Waals surface area contributed by atoms with Crippen LogP contribution in [0.1, 0.15) is 37.7 Å². The molecule has 6 heteroatoms. The van der Waals surface area contributed by atoms with Gasteiger partial charge in [-0.3, -0.25) is 9.59 Å². The van der Waals surface area contributed by atoms with Gasteiger partial charge in [0.25, 0.3) is 11.8 Å². The van der Waals surface area contributed by atoms with E-state index in [0.29, 0.717) is 24.4 Å². The Kier molecular flexibility index (Phi) is 5.66. The molecule has 0 saturated carbocycles. The van der Waals surface area contributed by atoms with Gasteiger partial charge in [0.05, 0.1) is 0 Å².